The fourth-order valence-electron chi connectivity index (χ4n) is 6.52. The van der Waals surface area contributed by atoms with Crippen LogP contribution in [0.15, 0.2) is 104 Å². The Hall–Kier alpha value is -5.74. The van der Waals surface area contributed by atoms with Gasteiger partial charge in [0.2, 0.25) is 5.91 Å². The summed E-state index contributed by atoms with van der Waals surface area (Å²) in [6.45, 7) is 13.7. The average Bonchev–Trinajstić information content (AvgIpc) is 3.56. The Morgan fingerprint density at radius 1 is 1.08 bits per heavy atom. The van der Waals surface area contributed by atoms with Crippen LogP contribution in [0.5, 0.6) is 5.75 Å². The summed E-state index contributed by atoms with van der Waals surface area (Å²) in [5.41, 5.74) is 6.56. The molecule has 3 aromatic heterocycles. The average molecular weight is 681 g/mol. The summed E-state index contributed by atoms with van der Waals surface area (Å²) in [7, 11) is 0. The molecule has 1 aliphatic rings. The lowest BCUT2D eigenvalue weighted by Gasteiger charge is -2.35. The van der Waals surface area contributed by atoms with E-state index >= 15 is 0 Å². The molecule has 10 nitrogen and oxygen atoms in total. The van der Waals surface area contributed by atoms with Crippen LogP contribution >= 0.6 is 0 Å². The molecular formula is C41H44N8O2. The number of ether oxygens (including phenoxy) is 1. The van der Waals surface area contributed by atoms with Crippen molar-refractivity contribution in [1.29, 1.82) is 0 Å². The van der Waals surface area contributed by atoms with Gasteiger partial charge in [-0.15, -0.1) is 0 Å². The van der Waals surface area contributed by atoms with E-state index < -0.39 is 0 Å². The topological polar surface area (TPSA) is 118 Å². The first-order valence-electron chi connectivity index (χ1n) is 17.5. The van der Waals surface area contributed by atoms with Gasteiger partial charge in [-0.3, -0.25) is 9.78 Å². The summed E-state index contributed by atoms with van der Waals surface area (Å²) in [4.78, 5) is 21.7. The summed E-state index contributed by atoms with van der Waals surface area (Å²) in [6, 6.07) is 26.1. The Labute approximate surface area is 298 Å². The van der Waals surface area contributed by atoms with Crippen molar-refractivity contribution in [2.24, 2.45) is 0 Å². The van der Waals surface area contributed by atoms with E-state index in [9.17, 15) is 4.79 Å². The van der Waals surface area contributed by atoms with Crippen molar-refractivity contribution in [3.05, 3.63) is 115 Å². The Morgan fingerprint density at radius 2 is 1.94 bits per heavy atom. The molecule has 1 amide bonds. The monoisotopic (exact) mass is 680 g/mol. The number of hydrogen-bond acceptors (Lipinski definition) is 8. The van der Waals surface area contributed by atoms with E-state index in [1.54, 1.807) is 6.20 Å². The Bertz CT molecular complexity index is 2210. The lowest BCUT2D eigenvalue weighted by Crippen LogP contribution is -2.50. The van der Waals surface area contributed by atoms with E-state index in [0.717, 1.165) is 75.4 Å². The van der Waals surface area contributed by atoms with Crippen LogP contribution in [0, 0.1) is 0 Å². The van der Waals surface area contributed by atoms with Gasteiger partial charge in [-0.2, -0.15) is 9.61 Å². The molecule has 0 radical (unpaired) electrons. The standard InChI is InChI=1S/C41H44N8O2/c1-6-38(50)47-30-14-15-34-27(20-30)17-19-42-39(34)33-13-8-7-10-28(33)23-43-37-22-36(48-40-35(26(2)3)25-45-49(37)40)46-29-11-9-12-31(21-29)51-32-16-18-41(4,5)44-24-32/h6-15,17,19-22,25-26,32,43-44H,1,16,18,23-24H2,2-5H3,(H,46,48)(H,47,50). The molecule has 10 heteroatoms. The molecule has 7 rings (SSSR count). The first-order chi connectivity index (χ1) is 24.7. The van der Waals surface area contributed by atoms with Crippen LogP contribution in [0.4, 0.5) is 23.0 Å². The van der Waals surface area contributed by atoms with E-state index in [1.165, 1.54) is 6.08 Å². The minimum absolute atomic E-state index is 0.133. The van der Waals surface area contributed by atoms with E-state index in [-0.39, 0.29) is 23.5 Å². The molecule has 1 atom stereocenters. The third kappa shape index (κ3) is 7.56. The highest BCUT2D eigenvalue weighted by atomic mass is 16.5. The number of piperidine rings is 1. The van der Waals surface area contributed by atoms with E-state index in [0.29, 0.717) is 18.1 Å². The van der Waals surface area contributed by atoms with Crippen molar-refractivity contribution in [2.75, 3.05) is 22.5 Å². The number of carbonyl (C=O) groups is 1. The predicted molar refractivity (Wildman–Crippen MR) is 206 cm³/mol. The maximum atomic E-state index is 11.9. The quantitative estimate of drug-likeness (QED) is 0.101. The lowest BCUT2D eigenvalue weighted by molar-refractivity contribution is -0.111. The van der Waals surface area contributed by atoms with Crippen molar-refractivity contribution in [2.45, 2.75) is 64.6 Å². The van der Waals surface area contributed by atoms with Gasteiger partial charge in [0, 0.05) is 64.8 Å². The number of anilines is 4. The third-order valence-corrected chi connectivity index (χ3v) is 9.38. The maximum absolute atomic E-state index is 11.9. The molecule has 1 unspecified atom stereocenters. The van der Waals surface area contributed by atoms with E-state index in [4.69, 9.17) is 19.8 Å². The van der Waals surface area contributed by atoms with E-state index in [1.807, 2.05) is 77.4 Å². The molecule has 0 spiro atoms. The number of carbonyl (C=O) groups excluding carboxylic acids is 1. The highest BCUT2D eigenvalue weighted by Crippen LogP contribution is 2.32. The molecular weight excluding hydrogens is 637 g/mol. The number of amides is 1. The van der Waals surface area contributed by atoms with Crippen LogP contribution < -0.4 is 26.0 Å². The van der Waals surface area contributed by atoms with Crippen LogP contribution in [0.3, 0.4) is 0 Å². The summed E-state index contributed by atoms with van der Waals surface area (Å²) in [6.07, 6.45) is 7.18. The van der Waals surface area contributed by atoms with Crippen molar-refractivity contribution in [3.63, 3.8) is 0 Å². The van der Waals surface area contributed by atoms with Crippen molar-refractivity contribution >= 4 is 45.3 Å². The van der Waals surface area contributed by atoms with Gasteiger partial charge in [-0.05, 0) is 80.0 Å². The van der Waals surface area contributed by atoms with Gasteiger partial charge in [0.05, 0.1) is 11.9 Å². The number of aromatic nitrogens is 4. The van der Waals surface area contributed by atoms with Crippen LogP contribution in [0.25, 0.3) is 27.7 Å². The van der Waals surface area contributed by atoms with Gasteiger partial charge in [0.25, 0.3) is 0 Å². The summed E-state index contributed by atoms with van der Waals surface area (Å²) in [5.74, 6) is 2.33. The molecule has 51 heavy (non-hydrogen) atoms. The normalized spacial score (nSPS) is 15.5. The zero-order valence-corrected chi connectivity index (χ0v) is 29.5. The second-order valence-electron chi connectivity index (χ2n) is 14.0. The molecule has 3 aromatic carbocycles. The van der Waals surface area contributed by atoms with Gasteiger partial charge < -0.3 is 26.0 Å². The van der Waals surface area contributed by atoms with Crippen molar-refractivity contribution in [3.8, 4) is 17.0 Å². The van der Waals surface area contributed by atoms with E-state index in [2.05, 4.69) is 67.7 Å². The SMILES string of the molecule is C=CC(=O)Nc1ccc2c(-c3ccccc3CNc3cc(Nc4cccc(OC5CCC(C)(C)NC5)c4)nc4c(C(C)C)cnn34)nccc2c1. The predicted octanol–water partition coefficient (Wildman–Crippen LogP) is 8.46. The third-order valence-electron chi connectivity index (χ3n) is 9.38. The Balaban J connectivity index is 1.16. The second kappa shape index (κ2) is 14.2. The summed E-state index contributed by atoms with van der Waals surface area (Å²) in [5, 5.41) is 20.3. The molecule has 1 saturated heterocycles. The van der Waals surface area contributed by atoms with Gasteiger partial charge >= 0.3 is 0 Å². The first kappa shape index (κ1) is 33.7. The Kier molecular flexibility index (Phi) is 9.42. The van der Waals surface area contributed by atoms with Crippen LogP contribution in [-0.4, -0.2) is 43.7 Å². The zero-order chi connectivity index (χ0) is 35.5. The molecule has 260 valence electrons. The second-order valence-corrected chi connectivity index (χ2v) is 14.0. The fraction of sp³-hybridized carbons (Fsp3) is 0.268. The van der Waals surface area contributed by atoms with Crippen LogP contribution in [-0.2, 0) is 11.3 Å². The number of benzene rings is 3. The number of nitrogens with zero attached hydrogens (tertiary/aromatic N) is 4. The van der Waals surface area contributed by atoms with Gasteiger partial charge in [-0.1, -0.05) is 56.8 Å². The van der Waals surface area contributed by atoms with Crippen molar-refractivity contribution < 1.29 is 9.53 Å². The molecule has 0 saturated carbocycles. The molecule has 0 bridgehead atoms. The number of nitrogens with one attached hydrogen (secondary N) is 4. The van der Waals surface area contributed by atoms with Crippen molar-refractivity contribution in [1.82, 2.24) is 24.9 Å². The fourth-order valence-corrected chi connectivity index (χ4v) is 6.52. The minimum atomic E-state index is -0.249. The molecule has 1 fully saturated rings. The maximum Gasteiger partial charge on any atom is 0.247 e. The first-order valence-corrected chi connectivity index (χ1v) is 17.5. The zero-order valence-electron chi connectivity index (χ0n) is 29.5. The number of rotatable bonds is 11. The molecule has 4 heterocycles. The summed E-state index contributed by atoms with van der Waals surface area (Å²) >= 11 is 0. The smallest absolute Gasteiger partial charge is 0.247 e. The largest absolute Gasteiger partial charge is 0.489 e. The highest BCUT2D eigenvalue weighted by Gasteiger charge is 2.27. The number of pyridine rings is 1. The molecule has 0 aliphatic carbocycles. The summed E-state index contributed by atoms with van der Waals surface area (Å²) < 4.78 is 8.24. The number of fused-ring (bicyclic) bond motifs is 2. The molecule has 6 aromatic rings. The van der Waals surface area contributed by atoms with Crippen LogP contribution in [0.2, 0.25) is 0 Å². The highest BCUT2D eigenvalue weighted by molar-refractivity contribution is 6.02. The van der Waals surface area contributed by atoms with Gasteiger partial charge in [0.1, 0.15) is 23.5 Å². The molecule has 1 aliphatic heterocycles. The number of hydrogen-bond donors (Lipinski definition) is 4. The lowest BCUT2D eigenvalue weighted by atomic mass is 9.92. The Morgan fingerprint density at radius 3 is 2.75 bits per heavy atom. The van der Waals surface area contributed by atoms with Crippen LogP contribution in [0.1, 0.15) is 57.6 Å². The minimum Gasteiger partial charge on any atom is -0.489 e. The molecule has 4 N–H and O–H groups in total. The van der Waals surface area contributed by atoms with Gasteiger partial charge in [0.15, 0.2) is 5.65 Å². The van der Waals surface area contributed by atoms with Gasteiger partial charge in [-0.25, -0.2) is 4.98 Å².